The minimum Gasteiger partial charge on any atom is -0.378 e. The summed E-state index contributed by atoms with van der Waals surface area (Å²) in [7, 11) is 1.93. The van der Waals surface area contributed by atoms with Crippen molar-refractivity contribution in [2.75, 3.05) is 5.32 Å². The highest BCUT2D eigenvalue weighted by Crippen LogP contribution is 2.19. The van der Waals surface area contributed by atoms with Gasteiger partial charge in [0.15, 0.2) is 0 Å². The lowest BCUT2D eigenvalue weighted by Crippen LogP contribution is -2.24. The largest absolute Gasteiger partial charge is 0.378 e. The predicted molar refractivity (Wildman–Crippen MR) is 86.5 cm³/mol. The van der Waals surface area contributed by atoms with Gasteiger partial charge in [-0.25, -0.2) is 4.68 Å². The monoisotopic (exact) mass is 353 g/mol. The van der Waals surface area contributed by atoms with Gasteiger partial charge in [-0.15, -0.1) is 0 Å². The van der Waals surface area contributed by atoms with Gasteiger partial charge in [-0.05, 0) is 36.2 Å². The summed E-state index contributed by atoms with van der Waals surface area (Å²) in [6.07, 6.45) is 2.56. The van der Waals surface area contributed by atoms with Crippen LogP contribution >= 0.6 is 15.9 Å². The molecule has 0 aliphatic rings. The van der Waals surface area contributed by atoms with Crippen molar-refractivity contribution in [2.45, 2.75) is 40.3 Å². The summed E-state index contributed by atoms with van der Waals surface area (Å²) in [6, 6.07) is 0. The number of hydrogen-bond acceptors (Lipinski definition) is 4. The van der Waals surface area contributed by atoms with E-state index in [0.29, 0.717) is 23.2 Å². The fraction of sp³-hybridized carbons (Fsp3) is 0.500. The molecule has 0 amide bonds. The Morgan fingerprint density at radius 1 is 1.38 bits per heavy atom. The van der Waals surface area contributed by atoms with E-state index >= 15 is 0 Å². The van der Waals surface area contributed by atoms with Gasteiger partial charge in [-0.2, -0.15) is 10.2 Å². The Hall–Kier alpha value is -1.63. The molecule has 6 nitrogen and oxygen atoms in total. The van der Waals surface area contributed by atoms with E-state index < -0.39 is 0 Å². The van der Waals surface area contributed by atoms with Gasteiger partial charge in [0.05, 0.1) is 17.6 Å². The number of aromatic nitrogens is 4. The SMILES string of the molecule is CCCn1ncc(NCc2c(C)nn(C)c2C)c(Br)c1=O. The van der Waals surface area contributed by atoms with Crippen molar-refractivity contribution >= 4 is 21.6 Å². The predicted octanol–water partition coefficient (Wildman–Crippen LogP) is 2.38. The molecule has 0 aliphatic carbocycles. The van der Waals surface area contributed by atoms with Crippen LogP contribution in [-0.2, 0) is 20.1 Å². The Morgan fingerprint density at radius 3 is 2.67 bits per heavy atom. The maximum atomic E-state index is 12.1. The first-order chi connectivity index (χ1) is 9.95. The zero-order valence-electron chi connectivity index (χ0n) is 12.8. The summed E-state index contributed by atoms with van der Waals surface area (Å²) in [5, 5.41) is 11.8. The summed E-state index contributed by atoms with van der Waals surface area (Å²) in [5.41, 5.74) is 3.84. The van der Waals surface area contributed by atoms with Crippen LogP contribution < -0.4 is 10.9 Å². The lowest BCUT2D eigenvalue weighted by molar-refractivity contribution is 0.566. The normalized spacial score (nSPS) is 10.9. The van der Waals surface area contributed by atoms with Gasteiger partial charge in [0, 0.05) is 31.4 Å². The number of nitrogens with zero attached hydrogens (tertiary/aromatic N) is 4. The lowest BCUT2D eigenvalue weighted by Gasteiger charge is -2.10. The molecule has 0 aromatic carbocycles. The Balaban J connectivity index is 2.21. The number of rotatable bonds is 5. The molecule has 0 aliphatic heterocycles. The molecule has 1 N–H and O–H groups in total. The summed E-state index contributed by atoms with van der Waals surface area (Å²) in [6.45, 7) is 7.27. The molecule has 0 radical (unpaired) electrons. The molecule has 2 aromatic heterocycles. The highest BCUT2D eigenvalue weighted by atomic mass is 79.9. The fourth-order valence-electron chi connectivity index (χ4n) is 2.22. The van der Waals surface area contributed by atoms with Gasteiger partial charge in [-0.3, -0.25) is 9.48 Å². The smallest absolute Gasteiger partial charge is 0.283 e. The van der Waals surface area contributed by atoms with Crippen molar-refractivity contribution in [3.63, 3.8) is 0 Å². The molecule has 7 heteroatoms. The number of anilines is 1. The first kappa shape index (κ1) is 15.8. The van der Waals surface area contributed by atoms with Crippen LogP contribution in [0, 0.1) is 13.8 Å². The number of hydrogen-bond donors (Lipinski definition) is 1. The minimum atomic E-state index is -0.110. The van der Waals surface area contributed by atoms with Crippen molar-refractivity contribution in [1.29, 1.82) is 0 Å². The van der Waals surface area contributed by atoms with Gasteiger partial charge < -0.3 is 5.32 Å². The van der Waals surface area contributed by atoms with Crippen molar-refractivity contribution in [2.24, 2.45) is 7.05 Å². The van der Waals surface area contributed by atoms with E-state index in [2.05, 4.69) is 31.4 Å². The molecule has 21 heavy (non-hydrogen) atoms. The maximum Gasteiger partial charge on any atom is 0.283 e. The maximum absolute atomic E-state index is 12.1. The van der Waals surface area contributed by atoms with E-state index in [9.17, 15) is 4.79 Å². The number of halogens is 1. The highest BCUT2D eigenvalue weighted by molar-refractivity contribution is 9.10. The van der Waals surface area contributed by atoms with Gasteiger partial charge >= 0.3 is 0 Å². The second-order valence-corrected chi connectivity index (χ2v) is 5.82. The molecule has 0 unspecified atom stereocenters. The molecule has 0 saturated carbocycles. The van der Waals surface area contributed by atoms with Crippen molar-refractivity contribution in [3.8, 4) is 0 Å². The van der Waals surface area contributed by atoms with Crippen molar-refractivity contribution in [1.82, 2.24) is 19.6 Å². The van der Waals surface area contributed by atoms with Crippen LogP contribution in [0.15, 0.2) is 15.5 Å². The molecule has 2 rings (SSSR count). The molecule has 0 fully saturated rings. The number of nitrogens with one attached hydrogen (secondary N) is 1. The minimum absolute atomic E-state index is 0.110. The van der Waals surface area contributed by atoms with Crippen LogP contribution in [-0.4, -0.2) is 19.6 Å². The average molecular weight is 354 g/mol. The third-order valence-corrected chi connectivity index (χ3v) is 4.30. The first-order valence-electron chi connectivity index (χ1n) is 6.94. The molecular formula is C14H20BrN5O. The third-order valence-electron chi connectivity index (χ3n) is 3.53. The molecule has 114 valence electrons. The molecular weight excluding hydrogens is 334 g/mol. The molecule has 2 heterocycles. The molecule has 2 aromatic rings. The van der Waals surface area contributed by atoms with Gasteiger partial charge in [-0.1, -0.05) is 6.92 Å². The lowest BCUT2D eigenvalue weighted by atomic mass is 10.2. The Morgan fingerprint density at radius 2 is 2.10 bits per heavy atom. The zero-order valence-corrected chi connectivity index (χ0v) is 14.4. The molecule has 0 atom stereocenters. The van der Waals surface area contributed by atoms with Crippen LogP contribution in [0.1, 0.15) is 30.3 Å². The quantitative estimate of drug-likeness (QED) is 0.896. The highest BCUT2D eigenvalue weighted by Gasteiger charge is 2.12. The summed E-state index contributed by atoms with van der Waals surface area (Å²) in [4.78, 5) is 12.1. The average Bonchev–Trinajstić information content (AvgIpc) is 2.69. The summed E-state index contributed by atoms with van der Waals surface area (Å²) in [5.74, 6) is 0. The second kappa shape index (κ2) is 6.43. The Kier molecular flexibility index (Phi) is 4.82. The van der Waals surface area contributed by atoms with Crippen molar-refractivity contribution in [3.05, 3.63) is 38.0 Å². The third kappa shape index (κ3) is 3.18. The topological polar surface area (TPSA) is 64.7 Å². The second-order valence-electron chi connectivity index (χ2n) is 5.03. The van der Waals surface area contributed by atoms with Gasteiger partial charge in [0.2, 0.25) is 0 Å². The molecule has 0 saturated heterocycles. The van der Waals surface area contributed by atoms with Crippen LogP contribution in [0.4, 0.5) is 5.69 Å². The Bertz CT molecular complexity index is 704. The first-order valence-corrected chi connectivity index (χ1v) is 7.73. The van der Waals surface area contributed by atoms with Crippen LogP contribution in [0.5, 0.6) is 0 Å². The molecule has 0 spiro atoms. The number of aryl methyl sites for hydroxylation is 3. The van der Waals surface area contributed by atoms with E-state index in [1.165, 1.54) is 4.68 Å². The van der Waals surface area contributed by atoms with Gasteiger partial charge in [0.25, 0.3) is 5.56 Å². The van der Waals surface area contributed by atoms with E-state index in [4.69, 9.17) is 0 Å². The Labute approximate surface area is 132 Å². The fourth-order valence-corrected chi connectivity index (χ4v) is 2.66. The van der Waals surface area contributed by atoms with Crippen molar-refractivity contribution < 1.29 is 0 Å². The molecule has 0 bridgehead atoms. The van der Waals surface area contributed by atoms with Gasteiger partial charge in [0.1, 0.15) is 4.47 Å². The van der Waals surface area contributed by atoms with E-state index in [1.54, 1.807) is 6.20 Å². The van der Waals surface area contributed by atoms with Crippen LogP contribution in [0.3, 0.4) is 0 Å². The summed E-state index contributed by atoms with van der Waals surface area (Å²) >= 11 is 3.36. The zero-order chi connectivity index (χ0) is 15.6. The van der Waals surface area contributed by atoms with E-state index in [1.807, 2.05) is 32.5 Å². The van der Waals surface area contributed by atoms with E-state index in [0.717, 1.165) is 23.4 Å². The standard InChI is InChI=1S/C14H20BrN5O/c1-5-6-20-14(21)13(15)12(8-17-20)16-7-11-9(2)18-19(4)10(11)3/h8,16H,5-7H2,1-4H3. The summed E-state index contributed by atoms with van der Waals surface area (Å²) < 4.78 is 3.85. The van der Waals surface area contributed by atoms with Crippen LogP contribution in [0.2, 0.25) is 0 Å². The van der Waals surface area contributed by atoms with Crippen LogP contribution in [0.25, 0.3) is 0 Å². The van der Waals surface area contributed by atoms with E-state index in [-0.39, 0.29) is 5.56 Å².